The molecule has 0 radical (unpaired) electrons. The number of nitrogens with zero attached hydrogens (tertiary/aromatic N) is 1. The van der Waals surface area contributed by atoms with Crippen molar-refractivity contribution < 1.29 is 0 Å². The Morgan fingerprint density at radius 3 is 1.28 bits per heavy atom. The Kier molecular flexibility index (Phi) is 7.53. The molecule has 2 heteroatoms. The van der Waals surface area contributed by atoms with Gasteiger partial charge in [-0.3, -0.25) is 0 Å². The third kappa shape index (κ3) is 5.15. The van der Waals surface area contributed by atoms with Crippen molar-refractivity contribution >= 4 is 38.9 Å². The molecule has 9 aromatic rings. The maximum atomic E-state index is 3.86. The zero-order chi connectivity index (χ0) is 33.3. The number of para-hydroxylation sites is 4. The van der Waals surface area contributed by atoms with E-state index in [4.69, 9.17) is 0 Å². The summed E-state index contributed by atoms with van der Waals surface area (Å²) in [4.78, 5) is 6.33. The van der Waals surface area contributed by atoms with Crippen LogP contribution in [-0.4, -0.2) is 4.98 Å². The summed E-state index contributed by atoms with van der Waals surface area (Å²) in [7, 11) is 0. The molecule has 0 amide bonds. The lowest BCUT2D eigenvalue weighted by Gasteiger charge is -2.32. The Balaban J connectivity index is 1.39. The molecular weight excluding hydrogens is 605 g/mol. The van der Waals surface area contributed by atoms with Crippen LogP contribution in [0.4, 0.5) is 17.1 Å². The molecule has 1 aromatic heterocycles. The smallest absolute Gasteiger partial charge is 0.0551 e. The van der Waals surface area contributed by atoms with Crippen LogP contribution in [-0.2, 0) is 0 Å². The van der Waals surface area contributed by atoms with E-state index in [1.807, 2.05) is 0 Å². The molecule has 1 N–H and O–H groups in total. The van der Waals surface area contributed by atoms with Gasteiger partial charge in [0.05, 0.1) is 22.6 Å². The predicted octanol–water partition coefficient (Wildman–Crippen LogP) is 13.5. The van der Waals surface area contributed by atoms with E-state index in [-0.39, 0.29) is 0 Å². The summed E-state index contributed by atoms with van der Waals surface area (Å²) in [6.45, 7) is 0. The van der Waals surface area contributed by atoms with Crippen molar-refractivity contribution in [3.8, 4) is 44.5 Å². The molecule has 0 atom stereocenters. The van der Waals surface area contributed by atoms with Crippen molar-refractivity contribution in [3.63, 3.8) is 0 Å². The highest BCUT2D eigenvalue weighted by atomic mass is 15.1. The first-order chi connectivity index (χ1) is 24.8. The molecule has 9 rings (SSSR count). The highest BCUT2D eigenvalue weighted by Gasteiger charge is 2.25. The third-order valence-corrected chi connectivity index (χ3v) is 9.64. The van der Waals surface area contributed by atoms with Gasteiger partial charge in [0.15, 0.2) is 0 Å². The number of aromatic amines is 1. The topological polar surface area (TPSA) is 19.0 Å². The monoisotopic (exact) mass is 638 g/mol. The van der Waals surface area contributed by atoms with Crippen LogP contribution in [0.25, 0.3) is 66.3 Å². The molecule has 0 aliphatic heterocycles. The first kappa shape index (κ1) is 29.5. The molecule has 0 unspecified atom stereocenters. The third-order valence-electron chi connectivity index (χ3n) is 9.64. The standard InChI is InChI=1S/C48H34N2/c1-4-18-34(19-5-1)37-24-11-15-29-44(37)50(45-30-16-12-25-38(45)35-20-6-2-7-21-35)46-31-17-13-27-42(46)47-39(36-22-8-3-9-23-36)32-33-41-40-26-10-14-28-43(40)49-48(41)47/h1-33,49H. The molecule has 0 aliphatic carbocycles. The van der Waals surface area contributed by atoms with E-state index in [1.165, 1.54) is 38.6 Å². The summed E-state index contributed by atoms with van der Waals surface area (Å²) in [6.07, 6.45) is 0. The van der Waals surface area contributed by atoms with Gasteiger partial charge in [0, 0.05) is 38.5 Å². The van der Waals surface area contributed by atoms with Crippen molar-refractivity contribution in [2.24, 2.45) is 0 Å². The van der Waals surface area contributed by atoms with Gasteiger partial charge < -0.3 is 9.88 Å². The number of benzene rings is 8. The van der Waals surface area contributed by atoms with Gasteiger partial charge >= 0.3 is 0 Å². The number of hydrogen-bond donors (Lipinski definition) is 1. The minimum Gasteiger partial charge on any atom is -0.354 e. The normalized spacial score (nSPS) is 11.2. The average Bonchev–Trinajstić information content (AvgIpc) is 3.58. The number of fused-ring (bicyclic) bond motifs is 3. The van der Waals surface area contributed by atoms with Crippen LogP contribution in [0.3, 0.4) is 0 Å². The Hall–Kier alpha value is -6.64. The van der Waals surface area contributed by atoms with Crippen LogP contribution in [0.5, 0.6) is 0 Å². The maximum Gasteiger partial charge on any atom is 0.0551 e. The molecule has 0 fully saturated rings. The molecule has 236 valence electrons. The van der Waals surface area contributed by atoms with Gasteiger partial charge in [-0.2, -0.15) is 0 Å². The van der Waals surface area contributed by atoms with Gasteiger partial charge in [-0.05, 0) is 46.5 Å². The summed E-state index contributed by atoms with van der Waals surface area (Å²) in [5, 5.41) is 2.44. The van der Waals surface area contributed by atoms with E-state index in [0.29, 0.717) is 0 Å². The number of hydrogen-bond acceptors (Lipinski definition) is 1. The lowest BCUT2D eigenvalue weighted by Crippen LogP contribution is -2.13. The Morgan fingerprint density at radius 2 is 0.720 bits per heavy atom. The Bertz CT molecular complexity index is 2500. The van der Waals surface area contributed by atoms with Crippen LogP contribution in [0.1, 0.15) is 0 Å². The lowest BCUT2D eigenvalue weighted by molar-refractivity contribution is 1.28. The minimum absolute atomic E-state index is 1.10. The molecule has 50 heavy (non-hydrogen) atoms. The van der Waals surface area contributed by atoms with E-state index in [2.05, 4.69) is 210 Å². The average molecular weight is 639 g/mol. The van der Waals surface area contributed by atoms with Crippen LogP contribution < -0.4 is 4.90 Å². The number of rotatable bonds is 7. The van der Waals surface area contributed by atoms with Crippen LogP contribution in [0.2, 0.25) is 0 Å². The van der Waals surface area contributed by atoms with E-state index in [0.717, 1.165) is 44.8 Å². The Labute approximate surface area is 292 Å². The van der Waals surface area contributed by atoms with Crippen molar-refractivity contribution in [1.82, 2.24) is 4.98 Å². The summed E-state index contributed by atoms with van der Waals surface area (Å²) in [5.74, 6) is 0. The minimum atomic E-state index is 1.10. The molecule has 0 saturated heterocycles. The lowest BCUT2D eigenvalue weighted by atomic mass is 9.90. The first-order valence-corrected chi connectivity index (χ1v) is 17.1. The van der Waals surface area contributed by atoms with Gasteiger partial charge in [-0.25, -0.2) is 0 Å². The molecule has 0 aliphatic rings. The first-order valence-electron chi connectivity index (χ1n) is 17.1. The summed E-state index contributed by atoms with van der Waals surface area (Å²) >= 11 is 0. The van der Waals surface area contributed by atoms with E-state index in [9.17, 15) is 0 Å². The highest BCUT2D eigenvalue weighted by molar-refractivity contribution is 6.16. The van der Waals surface area contributed by atoms with Crippen molar-refractivity contribution in [2.75, 3.05) is 4.90 Å². The van der Waals surface area contributed by atoms with Gasteiger partial charge in [-0.15, -0.1) is 0 Å². The summed E-state index contributed by atoms with van der Waals surface area (Å²) in [5.41, 5.74) is 14.9. The van der Waals surface area contributed by atoms with Gasteiger partial charge in [0.1, 0.15) is 0 Å². The predicted molar refractivity (Wildman–Crippen MR) is 212 cm³/mol. The zero-order valence-corrected chi connectivity index (χ0v) is 27.5. The van der Waals surface area contributed by atoms with Crippen LogP contribution in [0.15, 0.2) is 200 Å². The highest BCUT2D eigenvalue weighted by Crippen LogP contribution is 2.50. The number of nitrogens with one attached hydrogen (secondary N) is 1. The van der Waals surface area contributed by atoms with E-state index < -0.39 is 0 Å². The molecule has 0 bridgehead atoms. The number of H-pyrrole nitrogens is 1. The van der Waals surface area contributed by atoms with Gasteiger partial charge in [-0.1, -0.05) is 176 Å². The molecule has 2 nitrogen and oxygen atoms in total. The molecular formula is C48H34N2. The molecule has 0 spiro atoms. The van der Waals surface area contributed by atoms with Gasteiger partial charge in [0.2, 0.25) is 0 Å². The van der Waals surface area contributed by atoms with Gasteiger partial charge in [0.25, 0.3) is 0 Å². The van der Waals surface area contributed by atoms with Crippen molar-refractivity contribution in [3.05, 3.63) is 200 Å². The van der Waals surface area contributed by atoms with E-state index in [1.54, 1.807) is 0 Å². The molecule has 8 aromatic carbocycles. The largest absolute Gasteiger partial charge is 0.354 e. The van der Waals surface area contributed by atoms with Crippen LogP contribution in [0, 0.1) is 0 Å². The van der Waals surface area contributed by atoms with Crippen molar-refractivity contribution in [2.45, 2.75) is 0 Å². The zero-order valence-electron chi connectivity index (χ0n) is 27.5. The number of anilines is 3. The second-order valence-electron chi connectivity index (χ2n) is 12.6. The molecule has 1 heterocycles. The second-order valence-corrected chi connectivity index (χ2v) is 12.6. The van der Waals surface area contributed by atoms with Crippen molar-refractivity contribution in [1.29, 1.82) is 0 Å². The quantitative estimate of drug-likeness (QED) is 0.184. The summed E-state index contributed by atoms with van der Waals surface area (Å²) in [6, 6.07) is 71.8. The molecule has 0 saturated carbocycles. The van der Waals surface area contributed by atoms with E-state index >= 15 is 0 Å². The fourth-order valence-electron chi connectivity index (χ4n) is 7.39. The fraction of sp³-hybridized carbons (Fsp3) is 0. The number of aromatic nitrogens is 1. The summed E-state index contributed by atoms with van der Waals surface area (Å²) < 4.78 is 0. The fourth-order valence-corrected chi connectivity index (χ4v) is 7.39. The van der Waals surface area contributed by atoms with Crippen LogP contribution >= 0.6 is 0 Å². The second kappa shape index (κ2) is 12.8. The Morgan fingerprint density at radius 1 is 0.300 bits per heavy atom. The SMILES string of the molecule is c1ccc(-c2ccccc2N(c2ccccc2-c2ccccc2)c2ccccc2-c2c(-c3ccccc3)ccc3c2[nH]c2ccccc23)cc1. The maximum absolute atomic E-state index is 3.86.